The second-order valence-corrected chi connectivity index (χ2v) is 3.79. The van der Waals surface area contributed by atoms with Crippen molar-refractivity contribution < 1.29 is 9.45 Å². The Labute approximate surface area is 109 Å². The van der Waals surface area contributed by atoms with E-state index in [0.717, 1.165) is 0 Å². The lowest BCUT2D eigenvalue weighted by Crippen LogP contribution is -2.06. The van der Waals surface area contributed by atoms with Gasteiger partial charge in [0.2, 0.25) is 5.89 Å². The molecule has 100 valence electrons. The van der Waals surface area contributed by atoms with Gasteiger partial charge in [0.25, 0.3) is 5.69 Å². The molecule has 2 aromatic rings. The fourth-order valence-electron chi connectivity index (χ4n) is 1.58. The number of aromatic nitrogens is 2. The lowest BCUT2D eigenvalue weighted by molar-refractivity contribution is -0.384. The summed E-state index contributed by atoms with van der Waals surface area (Å²) in [4.78, 5) is 14.3. The zero-order valence-corrected chi connectivity index (χ0v) is 10.3. The molecule has 8 nitrogen and oxygen atoms in total. The number of rotatable bonds is 6. The van der Waals surface area contributed by atoms with Crippen LogP contribution in [0.15, 0.2) is 29.0 Å². The van der Waals surface area contributed by atoms with E-state index in [2.05, 4.69) is 20.8 Å². The molecule has 1 heterocycles. The van der Waals surface area contributed by atoms with Gasteiger partial charge in [-0.05, 0) is 6.07 Å². The molecule has 0 aliphatic heterocycles. The summed E-state index contributed by atoms with van der Waals surface area (Å²) in [6.45, 7) is 0.548. The standard InChI is InChI=1S/C11H13N5O3/c1-12-8-4-9(6-10(5-8)16(17)18)13-3-2-11-14-7-15-19-11/h4-7,12-13H,2-3H2,1H3. The molecular formula is C11H13N5O3. The molecule has 2 N–H and O–H groups in total. The van der Waals surface area contributed by atoms with Gasteiger partial charge in [-0.3, -0.25) is 10.1 Å². The van der Waals surface area contributed by atoms with Crippen LogP contribution >= 0.6 is 0 Å². The largest absolute Gasteiger partial charge is 0.388 e. The third kappa shape index (κ3) is 3.41. The first-order chi connectivity index (χ1) is 9.19. The zero-order chi connectivity index (χ0) is 13.7. The van der Waals surface area contributed by atoms with E-state index in [4.69, 9.17) is 4.52 Å². The van der Waals surface area contributed by atoms with Gasteiger partial charge in [0, 0.05) is 43.5 Å². The number of hydrogen-bond donors (Lipinski definition) is 2. The van der Waals surface area contributed by atoms with Crippen LogP contribution in [0.5, 0.6) is 0 Å². The van der Waals surface area contributed by atoms with Gasteiger partial charge in [-0.1, -0.05) is 5.16 Å². The zero-order valence-electron chi connectivity index (χ0n) is 10.3. The van der Waals surface area contributed by atoms with Crippen molar-refractivity contribution in [3.05, 3.63) is 40.5 Å². The lowest BCUT2D eigenvalue weighted by Gasteiger charge is -2.07. The molecule has 0 aliphatic rings. The van der Waals surface area contributed by atoms with Crippen LogP contribution < -0.4 is 10.6 Å². The van der Waals surface area contributed by atoms with Crippen LogP contribution in [0, 0.1) is 10.1 Å². The summed E-state index contributed by atoms with van der Waals surface area (Å²) in [6.07, 6.45) is 1.89. The van der Waals surface area contributed by atoms with E-state index >= 15 is 0 Å². The van der Waals surface area contributed by atoms with Gasteiger partial charge >= 0.3 is 0 Å². The van der Waals surface area contributed by atoms with Crippen molar-refractivity contribution in [2.24, 2.45) is 0 Å². The maximum Gasteiger partial charge on any atom is 0.273 e. The first kappa shape index (κ1) is 12.8. The predicted octanol–water partition coefficient (Wildman–Crippen LogP) is 1.67. The van der Waals surface area contributed by atoms with Crippen LogP contribution in [0.2, 0.25) is 0 Å². The SMILES string of the molecule is CNc1cc(NCCc2ncno2)cc([N+](=O)[O-])c1. The highest BCUT2D eigenvalue weighted by atomic mass is 16.6. The van der Waals surface area contributed by atoms with Gasteiger partial charge in [0.15, 0.2) is 6.33 Å². The molecule has 0 saturated carbocycles. The molecule has 0 fully saturated rings. The van der Waals surface area contributed by atoms with E-state index in [-0.39, 0.29) is 5.69 Å². The molecule has 0 spiro atoms. The number of nitrogens with one attached hydrogen (secondary N) is 2. The minimum absolute atomic E-state index is 0.0344. The van der Waals surface area contributed by atoms with Gasteiger partial charge in [-0.25, -0.2) is 0 Å². The molecule has 0 amide bonds. The molecule has 0 atom stereocenters. The molecule has 8 heteroatoms. The highest BCUT2D eigenvalue weighted by Crippen LogP contribution is 2.23. The van der Waals surface area contributed by atoms with Crippen molar-refractivity contribution in [1.82, 2.24) is 10.1 Å². The number of hydrogen-bond acceptors (Lipinski definition) is 7. The number of benzene rings is 1. The van der Waals surface area contributed by atoms with Crippen molar-refractivity contribution in [2.75, 3.05) is 24.2 Å². The van der Waals surface area contributed by atoms with Gasteiger partial charge in [0.05, 0.1) is 4.92 Å². The van der Waals surface area contributed by atoms with Crippen LogP contribution in [0.4, 0.5) is 17.1 Å². The average molecular weight is 263 g/mol. The van der Waals surface area contributed by atoms with Crippen molar-refractivity contribution >= 4 is 17.1 Å². The number of nitro groups is 1. The summed E-state index contributed by atoms with van der Waals surface area (Å²) in [5.74, 6) is 0.520. The van der Waals surface area contributed by atoms with Gasteiger partial charge in [0.1, 0.15) is 0 Å². The maximum atomic E-state index is 10.8. The molecule has 0 unspecified atom stereocenters. The summed E-state index contributed by atoms with van der Waals surface area (Å²) in [7, 11) is 1.71. The average Bonchev–Trinajstić information content (AvgIpc) is 2.91. The van der Waals surface area contributed by atoms with Crippen LogP contribution in [-0.2, 0) is 6.42 Å². The Morgan fingerprint density at radius 2 is 2.16 bits per heavy atom. The fourth-order valence-corrected chi connectivity index (χ4v) is 1.58. The quantitative estimate of drug-likeness (QED) is 0.603. The second kappa shape index (κ2) is 5.80. The third-order valence-corrected chi connectivity index (χ3v) is 2.49. The van der Waals surface area contributed by atoms with Crippen molar-refractivity contribution in [1.29, 1.82) is 0 Å². The Kier molecular flexibility index (Phi) is 3.91. The second-order valence-electron chi connectivity index (χ2n) is 3.79. The topological polar surface area (TPSA) is 106 Å². The van der Waals surface area contributed by atoms with Gasteiger partial charge < -0.3 is 15.2 Å². The Morgan fingerprint density at radius 1 is 1.37 bits per heavy atom. The van der Waals surface area contributed by atoms with E-state index in [9.17, 15) is 10.1 Å². The number of nitro benzene ring substituents is 1. The van der Waals surface area contributed by atoms with Crippen molar-refractivity contribution in [3.8, 4) is 0 Å². The Bertz CT molecular complexity index is 555. The maximum absolute atomic E-state index is 10.8. The molecule has 0 radical (unpaired) electrons. The lowest BCUT2D eigenvalue weighted by atomic mass is 10.2. The van der Waals surface area contributed by atoms with E-state index in [1.54, 1.807) is 13.1 Å². The fraction of sp³-hybridized carbons (Fsp3) is 0.273. The minimum Gasteiger partial charge on any atom is -0.388 e. The van der Waals surface area contributed by atoms with Crippen molar-refractivity contribution in [2.45, 2.75) is 6.42 Å². The molecular weight excluding hydrogens is 250 g/mol. The normalized spacial score (nSPS) is 10.2. The highest BCUT2D eigenvalue weighted by Gasteiger charge is 2.09. The molecule has 0 aliphatic carbocycles. The van der Waals surface area contributed by atoms with Crippen LogP contribution in [0.3, 0.4) is 0 Å². The molecule has 2 rings (SSSR count). The summed E-state index contributed by atoms with van der Waals surface area (Å²) < 4.78 is 4.86. The Balaban J connectivity index is 2.02. The van der Waals surface area contributed by atoms with Crippen LogP contribution in [0.1, 0.15) is 5.89 Å². The summed E-state index contributed by atoms with van der Waals surface area (Å²) >= 11 is 0. The van der Waals surface area contributed by atoms with Gasteiger partial charge in [-0.15, -0.1) is 0 Å². The smallest absolute Gasteiger partial charge is 0.273 e. The van der Waals surface area contributed by atoms with E-state index in [1.807, 2.05) is 0 Å². The predicted molar refractivity (Wildman–Crippen MR) is 69.1 cm³/mol. The highest BCUT2D eigenvalue weighted by molar-refractivity contribution is 5.63. The Morgan fingerprint density at radius 3 is 2.79 bits per heavy atom. The summed E-state index contributed by atoms with van der Waals surface area (Å²) in [5.41, 5.74) is 1.37. The number of non-ortho nitro benzene ring substituents is 1. The van der Waals surface area contributed by atoms with Crippen molar-refractivity contribution in [3.63, 3.8) is 0 Å². The number of nitrogens with zero attached hydrogens (tertiary/aromatic N) is 3. The Hall–Kier alpha value is -2.64. The molecule has 0 saturated heterocycles. The first-order valence-corrected chi connectivity index (χ1v) is 5.65. The molecule has 0 bridgehead atoms. The first-order valence-electron chi connectivity index (χ1n) is 5.65. The van der Waals surface area contributed by atoms with E-state index < -0.39 is 4.92 Å². The van der Waals surface area contributed by atoms with Crippen LogP contribution in [-0.4, -0.2) is 28.7 Å². The summed E-state index contributed by atoms with van der Waals surface area (Å²) in [6, 6.07) is 4.75. The van der Waals surface area contributed by atoms with Gasteiger partial charge in [-0.2, -0.15) is 4.98 Å². The van der Waals surface area contributed by atoms with E-state index in [0.29, 0.717) is 30.2 Å². The monoisotopic (exact) mass is 263 g/mol. The number of anilines is 2. The third-order valence-electron chi connectivity index (χ3n) is 2.49. The molecule has 1 aromatic heterocycles. The minimum atomic E-state index is -0.427. The summed E-state index contributed by atoms with van der Waals surface area (Å²) in [5, 5.41) is 20.3. The molecule has 19 heavy (non-hydrogen) atoms. The van der Waals surface area contributed by atoms with Crippen LogP contribution in [0.25, 0.3) is 0 Å². The molecule has 1 aromatic carbocycles. The van der Waals surface area contributed by atoms with E-state index in [1.165, 1.54) is 18.5 Å².